The smallest absolute Gasteiger partial charge is 0.194 e. The topological polar surface area (TPSA) is 41.3 Å². The van der Waals surface area contributed by atoms with Gasteiger partial charge < -0.3 is 4.42 Å². The van der Waals surface area contributed by atoms with Gasteiger partial charge >= 0.3 is 0 Å². The summed E-state index contributed by atoms with van der Waals surface area (Å²) in [7, 11) is 0. The van der Waals surface area contributed by atoms with Gasteiger partial charge in [0.25, 0.3) is 0 Å². The standard InChI is InChI=1S/C40H22N2OS/c1-42-36(28-10-6-3-7-11-28)21-26-13-15-31-34-18-17-33-35(40(34)44-38(31)23-26)19-16-32-30-14-12-25(22-37(30)43-39(32)33)20-29(24-41)27-8-4-2-5-9-27/h2-23H/b29-20+,36-21-. The highest BCUT2D eigenvalue weighted by atomic mass is 32.1. The number of furan rings is 1. The van der Waals surface area contributed by atoms with Crippen LogP contribution in [0.25, 0.3) is 81.2 Å². The van der Waals surface area contributed by atoms with Gasteiger partial charge in [-0.2, -0.15) is 5.26 Å². The van der Waals surface area contributed by atoms with E-state index in [1.54, 1.807) is 11.3 Å². The second-order valence-corrected chi connectivity index (χ2v) is 11.8. The van der Waals surface area contributed by atoms with Crippen LogP contribution < -0.4 is 0 Å². The van der Waals surface area contributed by atoms with E-state index in [1.807, 2.05) is 84.9 Å². The Kier molecular flexibility index (Phi) is 6.09. The highest BCUT2D eigenvalue weighted by Gasteiger charge is 2.15. The SMILES string of the molecule is [C-]#[N+]/C(=C\c1ccc2c(c1)sc1c2ccc2c1ccc1c3ccc(/C=C(\C#N)c4ccccc4)cc3oc12)c1ccccc1. The van der Waals surface area contributed by atoms with Crippen molar-refractivity contribution in [2.24, 2.45) is 0 Å². The van der Waals surface area contributed by atoms with E-state index >= 15 is 0 Å². The summed E-state index contributed by atoms with van der Waals surface area (Å²) >= 11 is 1.77. The van der Waals surface area contributed by atoms with E-state index in [0.717, 1.165) is 55.0 Å². The van der Waals surface area contributed by atoms with Gasteiger partial charge in [-0.05, 0) is 64.7 Å². The Morgan fingerprint density at radius 1 is 0.659 bits per heavy atom. The van der Waals surface area contributed by atoms with Gasteiger partial charge in [-0.1, -0.05) is 91.0 Å². The molecule has 2 aromatic heterocycles. The Morgan fingerprint density at radius 3 is 1.95 bits per heavy atom. The van der Waals surface area contributed by atoms with E-state index < -0.39 is 0 Å². The lowest BCUT2D eigenvalue weighted by atomic mass is 10.0. The summed E-state index contributed by atoms with van der Waals surface area (Å²) < 4.78 is 8.93. The lowest BCUT2D eigenvalue weighted by Crippen LogP contribution is -1.81. The number of hydrogen-bond donors (Lipinski definition) is 0. The highest BCUT2D eigenvalue weighted by Crippen LogP contribution is 2.42. The van der Waals surface area contributed by atoms with Crippen molar-refractivity contribution >= 4 is 87.6 Å². The van der Waals surface area contributed by atoms with Crippen LogP contribution in [0.4, 0.5) is 0 Å². The maximum atomic E-state index is 9.78. The van der Waals surface area contributed by atoms with Crippen LogP contribution >= 0.6 is 11.3 Å². The Balaban J connectivity index is 1.24. The normalized spacial score (nSPS) is 12.3. The van der Waals surface area contributed by atoms with Crippen molar-refractivity contribution in [3.05, 3.63) is 155 Å². The van der Waals surface area contributed by atoms with Gasteiger partial charge in [-0.3, -0.25) is 0 Å². The molecule has 0 aliphatic rings. The van der Waals surface area contributed by atoms with Crippen LogP contribution in [0.1, 0.15) is 22.3 Å². The minimum atomic E-state index is 0.614. The molecule has 204 valence electrons. The van der Waals surface area contributed by atoms with E-state index in [2.05, 4.69) is 59.4 Å². The third-order valence-corrected chi connectivity index (χ3v) is 9.33. The number of nitriles is 1. The third-order valence-electron chi connectivity index (χ3n) is 8.13. The van der Waals surface area contributed by atoms with Crippen molar-refractivity contribution in [3.8, 4) is 6.07 Å². The predicted octanol–water partition coefficient (Wildman–Crippen LogP) is 11.6. The predicted molar refractivity (Wildman–Crippen MR) is 185 cm³/mol. The van der Waals surface area contributed by atoms with Crippen molar-refractivity contribution in [2.45, 2.75) is 0 Å². The van der Waals surface area contributed by atoms with Gasteiger partial charge in [0.2, 0.25) is 0 Å². The number of rotatable bonds is 4. The monoisotopic (exact) mass is 578 g/mol. The molecule has 4 heteroatoms. The fourth-order valence-corrected chi connectivity index (χ4v) is 7.28. The molecule has 0 saturated carbocycles. The van der Waals surface area contributed by atoms with E-state index in [1.165, 1.54) is 20.2 Å². The van der Waals surface area contributed by atoms with Crippen LogP contribution in [-0.2, 0) is 0 Å². The summed E-state index contributed by atoms with van der Waals surface area (Å²) in [5, 5.41) is 16.6. The number of benzene rings is 6. The van der Waals surface area contributed by atoms with Gasteiger partial charge in [0.15, 0.2) is 5.70 Å². The zero-order valence-electron chi connectivity index (χ0n) is 23.4. The van der Waals surface area contributed by atoms with Crippen LogP contribution in [0.15, 0.2) is 126 Å². The summed E-state index contributed by atoms with van der Waals surface area (Å²) in [6.45, 7) is 7.71. The minimum Gasteiger partial charge on any atom is -0.455 e. The Hall–Kier alpha value is -5.94. The fourth-order valence-electron chi connectivity index (χ4n) is 6.00. The summed E-state index contributed by atoms with van der Waals surface area (Å²) in [5.41, 5.74) is 6.66. The first-order valence-corrected chi connectivity index (χ1v) is 15.1. The molecule has 0 fully saturated rings. The van der Waals surface area contributed by atoms with Crippen LogP contribution in [0.5, 0.6) is 0 Å². The molecule has 6 aromatic carbocycles. The van der Waals surface area contributed by atoms with E-state index in [0.29, 0.717) is 11.3 Å². The maximum absolute atomic E-state index is 9.78. The molecule has 0 radical (unpaired) electrons. The van der Waals surface area contributed by atoms with Crippen LogP contribution in [0, 0.1) is 17.9 Å². The van der Waals surface area contributed by atoms with Crippen LogP contribution in [0.2, 0.25) is 0 Å². The second kappa shape index (κ2) is 10.4. The average molecular weight is 579 g/mol. The minimum absolute atomic E-state index is 0.614. The molecule has 44 heavy (non-hydrogen) atoms. The molecule has 3 nitrogen and oxygen atoms in total. The van der Waals surface area contributed by atoms with E-state index in [4.69, 9.17) is 11.0 Å². The molecule has 8 rings (SSSR count). The van der Waals surface area contributed by atoms with E-state index in [-0.39, 0.29) is 0 Å². The number of thiophene rings is 1. The number of hydrogen-bond acceptors (Lipinski definition) is 3. The highest BCUT2D eigenvalue weighted by molar-refractivity contribution is 7.26. The molecular formula is C40H22N2OS. The molecule has 0 saturated heterocycles. The van der Waals surface area contributed by atoms with Crippen molar-refractivity contribution in [1.82, 2.24) is 0 Å². The average Bonchev–Trinajstić information content (AvgIpc) is 3.64. The second-order valence-electron chi connectivity index (χ2n) is 10.7. The molecular weight excluding hydrogens is 557 g/mol. The molecule has 0 unspecified atom stereocenters. The van der Waals surface area contributed by atoms with Crippen molar-refractivity contribution < 1.29 is 4.42 Å². The maximum Gasteiger partial charge on any atom is 0.194 e. The summed E-state index contributed by atoms with van der Waals surface area (Å²) in [4.78, 5) is 3.79. The Bertz CT molecular complexity index is 2370. The fraction of sp³-hybridized carbons (Fsp3) is 0. The molecule has 8 aromatic rings. The molecule has 0 spiro atoms. The summed E-state index contributed by atoms with van der Waals surface area (Å²) in [6.07, 6.45) is 3.87. The Morgan fingerprint density at radius 2 is 1.25 bits per heavy atom. The number of fused-ring (bicyclic) bond motifs is 9. The van der Waals surface area contributed by atoms with E-state index in [9.17, 15) is 5.26 Å². The molecule has 0 aliphatic carbocycles. The number of allylic oxidation sites excluding steroid dienone is 1. The Labute approximate surface area is 257 Å². The van der Waals surface area contributed by atoms with Gasteiger partial charge in [-0.15, -0.1) is 11.3 Å². The molecule has 2 heterocycles. The molecule has 0 N–H and O–H groups in total. The van der Waals surface area contributed by atoms with Crippen LogP contribution in [-0.4, -0.2) is 0 Å². The quantitative estimate of drug-likeness (QED) is 0.118. The third kappa shape index (κ3) is 4.26. The molecule has 0 amide bonds. The first kappa shape index (κ1) is 25.7. The van der Waals surface area contributed by atoms with Gasteiger partial charge in [0.1, 0.15) is 11.2 Å². The lowest BCUT2D eigenvalue weighted by molar-refractivity contribution is 0.672. The summed E-state index contributed by atoms with van der Waals surface area (Å²) in [5.74, 6) is 0. The van der Waals surface area contributed by atoms with Crippen molar-refractivity contribution in [2.75, 3.05) is 0 Å². The largest absolute Gasteiger partial charge is 0.455 e. The van der Waals surface area contributed by atoms with Gasteiger partial charge in [0, 0.05) is 41.7 Å². The first-order chi connectivity index (χ1) is 21.7. The lowest BCUT2D eigenvalue weighted by Gasteiger charge is -2.01. The van der Waals surface area contributed by atoms with Gasteiger partial charge in [-0.25, -0.2) is 4.85 Å². The van der Waals surface area contributed by atoms with Gasteiger partial charge in [0.05, 0.1) is 18.2 Å². The zero-order valence-corrected chi connectivity index (χ0v) is 24.2. The van der Waals surface area contributed by atoms with Crippen molar-refractivity contribution in [1.29, 1.82) is 5.26 Å². The van der Waals surface area contributed by atoms with Crippen molar-refractivity contribution in [3.63, 3.8) is 0 Å². The molecule has 0 aliphatic heterocycles. The number of nitrogens with zero attached hydrogens (tertiary/aromatic N) is 2. The molecule has 0 bridgehead atoms. The first-order valence-electron chi connectivity index (χ1n) is 14.3. The molecule has 0 atom stereocenters. The zero-order chi connectivity index (χ0) is 29.6. The summed E-state index contributed by atoms with van der Waals surface area (Å²) in [6, 6.07) is 43.2. The van der Waals surface area contributed by atoms with Crippen LogP contribution in [0.3, 0.4) is 0 Å².